The van der Waals surface area contributed by atoms with E-state index in [2.05, 4.69) is 18.7 Å². The Kier molecular flexibility index (Phi) is 7.60. The van der Waals surface area contributed by atoms with Gasteiger partial charge in [0.05, 0.1) is 18.2 Å². The highest BCUT2D eigenvalue weighted by atomic mass is 16.7. The number of benzene rings is 2. The zero-order valence-electron chi connectivity index (χ0n) is 20.5. The van der Waals surface area contributed by atoms with Crippen molar-refractivity contribution in [3.63, 3.8) is 0 Å². The number of aliphatic hydroxyl groups is 1. The van der Waals surface area contributed by atoms with Gasteiger partial charge in [-0.25, -0.2) is 0 Å². The molecule has 35 heavy (non-hydrogen) atoms. The molecule has 2 aliphatic heterocycles. The number of likely N-dealkylation sites (N-methyl/N-ethyl adjacent to an activating group) is 1. The van der Waals surface area contributed by atoms with Gasteiger partial charge in [0.1, 0.15) is 11.5 Å². The standard InChI is InChI=1S/C27H32N2O6/c1-4-15-33-20-10-7-18(8-11-20)24-23(25(30)19-9-12-21-22(16-19)35-17-34-21)26(31)27(32)29(24)14-13-28(5-2)6-3/h7-12,16,24,30H,4-6,13-15,17H2,1-3H3. The first kappa shape index (κ1) is 24.6. The summed E-state index contributed by atoms with van der Waals surface area (Å²) in [7, 11) is 0. The molecule has 8 heteroatoms. The number of rotatable bonds is 10. The zero-order chi connectivity index (χ0) is 24.9. The number of amides is 1. The van der Waals surface area contributed by atoms with Crippen LogP contribution in [-0.2, 0) is 9.59 Å². The summed E-state index contributed by atoms with van der Waals surface area (Å²) in [5.41, 5.74) is 1.19. The molecule has 1 unspecified atom stereocenters. The highest BCUT2D eigenvalue weighted by Crippen LogP contribution is 2.41. The lowest BCUT2D eigenvalue weighted by Gasteiger charge is -2.28. The van der Waals surface area contributed by atoms with Crippen molar-refractivity contribution in [2.75, 3.05) is 39.6 Å². The molecule has 4 rings (SSSR count). The molecule has 1 N–H and O–H groups in total. The maximum atomic E-state index is 13.2. The van der Waals surface area contributed by atoms with E-state index in [0.717, 1.165) is 25.1 Å². The summed E-state index contributed by atoms with van der Waals surface area (Å²) in [6.07, 6.45) is 0.892. The van der Waals surface area contributed by atoms with E-state index in [9.17, 15) is 14.7 Å². The van der Waals surface area contributed by atoms with Crippen LogP contribution < -0.4 is 14.2 Å². The van der Waals surface area contributed by atoms with Gasteiger partial charge >= 0.3 is 0 Å². The normalized spacial score (nSPS) is 18.5. The van der Waals surface area contributed by atoms with E-state index in [1.54, 1.807) is 23.1 Å². The molecular weight excluding hydrogens is 448 g/mol. The highest BCUT2D eigenvalue weighted by Gasteiger charge is 2.46. The monoisotopic (exact) mass is 480 g/mol. The SMILES string of the molecule is CCCOc1ccc(C2C(=C(O)c3ccc4c(c3)OCO4)C(=O)C(=O)N2CCN(CC)CC)cc1. The number of Topliss-reactive ketones (excluding diaryl/α,β-unsaturated/α-hetero) is 1. The fraction of sp³-hybridized carbons (Fsp3) is 0.407. The third kappa shape index (κ3) is 4.98. The van der Waals surface area contributed by atoms with E-state index in [0.29, 0.717) is 42.5 Å². The van der Waals surface area contributed by atoms with Gasteiger partial charge in [0.15, 0.2) is 11.5 Å². The summed E-state index contributed by atoms with van der Waals surface area (Å²) in [6, 6.07) is 11.6. The van der Waals surface area contributed by atoms with Gasteiger partial charge in [0, 0.05) is 18.7 Å². The number of ketones is 1. The summed E-state index contributed by atoms with van der Waals surface area (Å²) in [4.78, 5) is 30.1. The second kappa shape index (κ2) is 10.8. The van der Waals surface area contributed by atoms with Gasteiger partial charge in [0.2, 0.25) is 6.79 Å². The summed E-state index contributed by atoms with van der Waals surface area (Å²) in [6.45, 7) is 9.52. The number of nitrogens with zero attached hydrogens (tertiary/aromatic N) is 2. The first-order valence-electron chi connectivity index (χ1n) is 12.1. The minimum Gasteiger partial charge on any atom is -0.507 e. The van der Waals surface area contributed by atoms with Gasteiger partial charge in [-0.3, -0.25) is 9.59 Å². The molecule has 2 aliphatic rings. The Morgan fingerprint density at radius 2 is 1.77 bits per heavy atom. The second-order valence-corrected chi connectivity index (χ2v) is 8.50. The van der Waals surface area contributed by atoms with Crippen molar-refractivity contribution in [2.45, 2.75) is 33.2 Å². The Morgan fingerprint density at radius 1 is 1.06 bits per heavy atom. The zero-order valence-corrected chi connectivity index (χ0v) is 20.5. The number of likely N-dealkylation sites (tertiary alicyclic amines) is 1. The topological polar surface area (TPSA) is 88.5 Å². The quantitative estimate of drug-likeness (QED) is 0.313. The Labute approximate surface area is 205 Å². The average molecular weight is 481 g/mol. The Hall–Kier alpha value is -3.52. The highest BCUT2D eigenvalue weighted by molar-refractivity contribution is 6.46. The molecule has 0 spiro atoms. The van der Waals surface area contributed by atoms with Crippen molar-refractivity contribution in [2.24, 2.45) is 0 Å². The molecule has 1 fully saturated rings. The lowest BCUT2D eigenvalue weighted by atomic mass is 9.95. The summed E-state index contributed by atoms with van der Waals surface area (Å²) >= 11 is 0. The first-order chi connectivity index (χ1) is 17.0. The lowest BCUT2D eigenvalue weighted by molar-refractivity contribution is -0.140. The first-order valence-corrected chi connectivity index (χ1v) is 12.1. The number of aliphatic hydroxyl groups excluding tert-OH is 1. The van der Waals surface area contributed by atoms with E-state index in [1.165, 1.54) is 0 Å². The number of fused-ring (bicyclic) bond motifs is 1. The molecule has 1 atom stereocenters. The fourth-order valence-corrected chi connectivity index (χ4v) is 4.41. The van der Waals surface area contributed by atoms with Gasteiger partial charge in [-0.15, -0.1) is 0 Å². The van der Waals surface area contributed by atoms with Crippen LogP contribution in [-0.4, -0.2) is 66.2 Å². The van der Waals surface area contributed by atoms with Crippen molar-refractivity contribution in [3.05, 3.63) is 59.2 Å². The van der Waals surface area contributed by atoms with E-state index >= 15 is 0 Å². The van der Waals surface area contributed by atoms with Crippen LogP contribution >= 0.6 is 0 Å². The minimum atomic E-state index is -0.712. The largest absolute Gasteiger partial charge is 0.507 e. The molecule has 2 aromatic rings. The molecule has 186 valence electrons. The number of ether oxygens (including phenoxy) is 3. The van der Waals surface area contributed by atoms with Gasteiger partial charge in [-0.2, -0.15) is 0 Å². The van der Waals surface area contributed by atoms with Crippen molar-refractivity contribution < 1.29 is 28.9 Å². The number of hydrogen-bond acceptors (Lipinski definition) is 7. The summed E-state index contributed by atoms with van der Waals surface area (Å²) < 4.78 is 16.5. The molecule has 1 saturated heterocycles. The summed E-state index contributed by atoms with van der Waals surface area (Å²) in [5, 5.41) is 11.3. The van der Waals surface area contributed by atoms with Crippen LogP contribution in [0.3, 0.4) is 0 Å². The van der Waals surface area contributed by atoms with Crippen molar-refractivity contribution >= 4 is 17.4 Å². The Balaban J connectivity index is 1.74. The molecule has 0 radical (unpaired) electrons. The molecule has 0 bridgehead atoms. The Morgan fingerprint density at radius 3 is 2.46 bits per heavy atom. The van der Waals surface area contributed by atoms with Crippen LogP contribution in [0.15, 0.2) is 48.0 Å². The molecule has 2 heterocycles. The van der Waals surface area contributed by atoms with Crippen LogP contribution in [0.25, 0.3) is 5.76 Å². The maximum Gasteiger partial charge on any atom is 0.295 e. The minimum absolute atomic E-state index is 0.0654. The van der Waals surface area contributed by atoms with E-state index in [4.69, 9.17) is 14.2 Å². The number of carbonyl (C=O) groups is 2. The average Bonchev–Trinajstić information content (AvgIpc) is 3.45. The molecule has 0 aromatic heterocycles. The smallest absolute Gasteiger partial charge is 0.295 e. The van der Waals surface area contributed by atoms with E-state index in [1.807, 2.05) is 31.2 Å². The van der Waals surface area contributed by atoms with Crippen molar-refractivity contribution in [1.82, 2.24) is 9.80 Å². The Bertz CT molecular complexity index is 1110. The lowest BCUT2D eigenvalue weighted by Crippen LogP contribution is -2.38. The second-order valence-electron chi connectivity index (χ2n) is 8.50. The molecular formula is C27H32N2O6. The van der Waals surface area contributed by atoms with Gasteiger partial charge in [0.25, 0.3) is 11.7 Å². The summed E-state index contributed by atoms with van der Waals surface area (Å²) in [5.74, 6) is 0.223. The molecule has 2 aromatic carbocycles. The van der Waals surface area contributed by atoms with Gasteiger partial charge in [-0.1, -0.05) is 32.9 Å². The molecule has 0 aliphatic carbocycles. The van der Waals surface area contributed by atoms with E-state index < -0.39 is 17.7 Å². The number of hydrogen-bond donors (Lipinski definition) is 1. The van der Waals surface area contributed by atoms with Crippen LogP contribution in [0.2, 0.25) is 0 Å². The molecule has 0 saturated carbocycles. The van der Waals surface area contributed by atoms with Crippen molar-refractivity contribution in [1.29, 1.82) is 0 Å². The predicted octanol–water partition coefficient (Wildman–Crippen LogP) is 3.97. The third-order valence-corrected chi connectivity index (χ3v) is 6.41. The number of carbonyl (C=O) groups excluding carboxylic acids is 2. The fourth-order valence-electron chi connectivity index (χ4n) is 4.41. The van der Waals surface area contributed by atoms with Crippen LogP contribution in [0.1, 0.15) is 44.4 Å². The predicted molar refractivity (Wildman–Crippen MR) is 132 cm³/mol. The third-order valence-electron chi connectivity index (χ3n) is 6.41. The van der Waals surface area contributed by atoms with E-state index in [-0.39, 0.29) is 18.1 Å². The van der Waals surface area contributed by atoms with Crippen LogP contribution in [0, 0.1) is 0 Å². The van der Waals surface area contributed by atoms with Gasteiger partial charge < -0.3 is 29.1 Å². The molecule has 1 amide bonds. The van der Waals surface area contributed by atoms with Crippen LogP contribution in [0.4, 0.5) is 0 Å². The van der Waals surface area contributed by atoms with Crippen LogP contribution in [0.5, 0.6) is 17.2 Å². The van der Waals surface area contributed by atoms with Crippen molar-refractivity contribution in [3.8, 4) is 17.2 Å². The maximum absolute atomic E-state index is 13.2. The molecule has 8 nitrogen and oxygen atoms in total. The van der Waals surface area contributed by atoms with Gasteiger partial charge in [-0.05, 0) is 55.4 Å².